The number of nitriles is 1. The Morgan fingerprint density at radius 3 is 2.82 bits per heavy atom. The Labute approximate surface area is 168 Å². The molecule has 28 heavy (non-hydrogen) atoms. The van der Waals surface area contributed by atoms with Gasteiger partial charge < -0.3 is 9.88 Å². The van der Waals surface area contributed by atoms with E-state index in [1.807, 2.05) is 18.2 Å². The zero-order valence-electron chi connectivity index (χ0n) is 16.5. The molecule has 0 amide bonds. The highest BCUT2D eigenvalue weighted by Gasteiger charge is 2.19. The molecule has 1 N–H and O–H groups in total. The quantitative estimate of drug-likeness (QED) is 0.571. The Balaban J connectivity index is 1.22. The Hall–Kier alpha value is -2.57. The summed E-state index contributed by atoms with van der Waals surface area (Å²) < 4.78 is 0. The molecule has 144 valence electrons. The number of likely N-dealkylation sites (tertiary alicyclic amines) is 1. The minimum Gasteiger partial charge on any atom is -0.358 e. The van der Waals surface area contributed by atoms with Crippen molar-refractivity contribution in [3.8, 4) is 6.07 Å². The number of rotatable bonds is 7. The maximum absolute atomic E-state index is 9.04. The molecule has 0 saturated carbocycles. The van der Waals surface area contributed by atoms with Gasteiger partial charge in [0.15, 0.2) is 0 Å². The highest BCUT2D eigenvalue weighted by Crippen LogP contribution is 2.22. The summed E-state index contributed by atoms with van der Waals surface area (Å²) in [5.41, 5.74) is 4.63. The van der Waals surface area contributed by atoms with Crippen LogP contribution in [0.15, 0.2) is 54.6 Å². The minimum atomic E-state index is 0.730. The third-order valence-corrected chi connectivity index (χ3v) is 5.95. The van der Waals surface area contributed by atoms with E-state index in [4.69, 9.17) is 5.26 Å². The van der Waals surface area contributed by atoms with E-state index in [-0.39, 0.29) is 0 Å². The molecule has 1 aliphatic heterocycles. The monoisotopic (exact) mass is 371 g/mol. The number of unbranched alkanes of at least 4 members (excludes halogenated alkanes) is 1. The van der Waals surface area contributed by atoms with Gasteiger partial charge in [-0.3, -0.25) is 0 Å². The first-order chi connectivity index (χ1) is 13.8. The topological polar surface area (TPSA) is 42.8 Å². The van der Waals surface area contributed by atoms with Gasteiger partial charge in [0.25, 0.3) is 0 Å². The van der Waals surface area contributed by atoms with Gasteiger partial charge in [-0.05, 0) is 87.4 Å². The van der Waals surface area contributed by atoms with E-state index in [1.165, 1.54) is 63.0 Å². The number of fused-ring (bicyclic) bond motifs is 1. The van der Waals surface area contributed by atoms with Crippen molar-refractivity contribution in [3.63, 3.8) is 0 Å². The number of hydrogen-bond acceptors (Lipinski definition) is 2. The van der Waals surface area contributed by atoms with Crippen LogP contribution in [0.3, 0.4) is 0 Å². The number of aromatic amines is 1. The number of H-pyrrole nitrogens is 1. The molecule has 0 radical (unpaired) electrons. The SMILES string of the molecule is N#Cc1ccc2[nH]c(CCCCN3CCCC(Cc4ccccc4)C3)cc2c1. The minimum absolute atomic E-state index is 0.730. The molecule has 4 rings (SSSR count). The molecule has 0 aliphatic carbocycles. The fourth-order valence-electron chi connectivity index (χ4n) is 4.52. The number of nitrogens with one attached hydrogen (secondary N) is 1. The standard InChI is InChI=1S/C25H29N3/c26-18-21-11-12-25-23(16-21)17-24(27-25)10-4-5-13-28-14-6-9-22(19-28)15-20-7-2-1-3-8-20/h1-3,7-8,11-12,16-17,22,27H,4-6,9-10,13-15,19H2. The predicted molar refractivity (Wildman–Crippen MR) is 115 cm³/mol. The van der Waals surface area contributed by atoms with Crippen LogP contribution in [-0.2, 0) is 12.8 Å². The second kappa shape index (κ2) is 9.08. The van der Waals surface area contributed by atoms with Crippen molar-refractivity contribution in [2.75, 3.05) is 19.6 Å². The van der Waals surface area contributed by atoms with E-state index in [9.17, 15) is 0 Å². The zero-order chi connectivity index (χ0) is 19.2. The van der Waals surface area contributed by atoms with Crippen molar-refractivity contribution in [1.29, 1.82) is 5.26 Å². The van der Waals surface area contributed by atoms with Gasteiger partial charge in [-0.15, -0.1) is 0 Å². The third-order valence-electron chi connectivity index (χ3n) is 5.95. The number of aromatic nitrogens is 1. The zero-order valence-corrected chi connectivity index (χ0v) is 16.5. The predicted octanol–water partition coefficient (Wildman–Crippen LogP) is 5.32. The van der Waals surface area contributed by atoms with Crippen LogP contribution in [0.4, 0.5) is 0 Å². The normalized spacial score (nSPS) is 17.6. The van der Waals surface area contributed by atoms with Crippen molar-refractivity contribution in [3.05, 3.63) is 71.4 Å². The number of piperidine rings is 1. The second-order valence-electron chi connectivity index (χ2n) is 8.16. The fourth-order valence-corrected chi connectivity index (χ4v) is 4.52. The van der Waals surface area contributed by atoms with Crippen LogP contribution in [0, 0.1) is 17.2 Å². The average molecular weight is 372 g/mol. The van der Waals surface area contributed by atoms with Gasteiger partial charge in [-0.2, -0.15) is 5.26 Å². The van der Waals surface area contributed by atoms with Gasteiger partial charge in [-0.25, -0.2) is 0 Å². The molecule has 1 aliphatic rings. The van der Waals surface area contributed by atoms with E-state index >= 15 is 0 Å². The molecule has 1 unspecified atom stereocenters. The molecule has 1 saturated heterocycles. The molecular formula is C25H29N3. The fraction of sp³-hybridized carbons (Fsp3) is 0.400. The van der Waals surface area contributed by atoms with E-state index < -0.39 is 0 Å². The summed E-state index contributed by atoms with van der Waals surface area (Å²) in [6.45, 7) is 3.72. The van der Waals surface area contributed by atoms with Gasteiger partial charge in [0.2, 0.25) is 0 Å². The first-order valence-corrected chi connectivity index (χ1v) is 10.6. The lowest BCUT2D eigenvalue weighted by Crippen LogP contribution is -2.36. The van der Waals surface area contributed by atoms with E-state index in [0.29, 0.717) is 0 Å². The summed E-state index contributed by atoms with van der Waals surface area (Å²) in [7, 11) is 0. The molecule has 3 heteroatoms. The molecule has 1 atom stereocenters. The molecule has 0 bridgehead atoms. The van der Waals surface area contributed by atoms with Gasteiger partial charge >= 0.3 is 0 Å². The summed E-state index contributed by atoms with van der Waals surface area (Å²) in [4.78, 5) is 6.16. The van der Waals surface area contributed by atoms with Crippen LogP contribution in [-0.4, -0.2) is 29.5 Å². The number of hydrogen-bond donors (Lipinski definition) is 1. The summed E-state index contributed by atoms with van der Waals surface area (Å²) in [5.74, 6) is 0.805. The van der Waals surface area contributed by atoms with Crippen LogP contribution in [0.5, 0.6) is 0 Å². The summed E-state index contributed by atoms with van der Waals surface area (Å²) in [6, 6.07) is 21.2. The smallest absolute Gasteiger partial charge is 0.0991 e. The second-order valence-corrected chi connectivity index (χ2v) is 8.16. The summed E-state index contributed by atoms with van der Waals surface area (Å²) in [5, 5.41) is 10.2. The van der Waals surface area contributed by atoms with Crippen LogP contribution in [0.2, 0.25) is 0 Å². The molecule has 2 heterocycles. The first kappa shape index (κ1) is 18.8. The maximum atomic E-state index is 9.04. The molecular weight excluding hydrogens is 342 g/mol. The van der Waals surface area contributed by atoms with E-state index in [0.717, 1.165) is 28.8 Å². The van der Waals surface area contributed by atoms with Crippen LogP contribution < -0.4 is 0 Å². The third kappa shape index (κ3) is 4.82. The number of aryl methyl sites for hydroxylation is 1. The first-order valence-electron chi connectivity index (χ1n) is 10.6. The largest absolute Gasteiger partial charge is 0.358 e. The molecule has 2 aromatic carbocycles. The summed E-state index contributed by atoms with van der Waals surface area (Å²) >= 11 is 0. The Morgan fingerprint density at radius 1 is 1.07 bits per heavy atom. The molecule has 1 aromatic heterocycles. The summed E-state index contributed by atoms with van der Waals surface area (Å²) in [6.07, 6.45) is 7.45. The average Bonchev–Trinajstić information content (AvgIpc) is 3.14. The Kier molecular flexibility index (Phi) is 6.09. The lowest BCUT2D eigenvalue weighted by atomic mass is 9.91. The maximum Gasteiger partial charge on any atom is 0.0991 e. The molecule has 1 fully saturated rings. The van der Waals surface area contributed by atoms with Gasteiger partial charge in [0.1, 0.15) is 0 Å². The van der Waals surface area contributed by atoms with Gasteiger partial charge in [0, 0.05) is 23.1 Å². The van der Waals surface area contributed by atoms with Crippen molar-refractivity contribution in [2.24, 2.45) is 5.92 Å². The molecule has 3 aromatic rings. The van der Waals surface area contributed by atoms with Gasteiger partial charge in [0.05, 0.1) is 11.6 Å². The number of benzene rings is 2. The Bertz CT molecular complexity index is 935. The number of nitrogens with zero attached hydrogens (tertiary/aromatic N) is 2. The van der Waals surface area contributed by atoms with Crippen LogP contribution in [0.1, 0.15) is 42.5 Å². The highest BCUT2D eigenvalue weighted by molar-refractivity contribution is 5.81. The highest BCUT2D eigenvalue weighted by atomic mass is 15.1. The van der Waals surface area contributed by atoms with E-state index in [1.54, 1.807) is 0 Å². The lowest BCUT2D eigenvalue weighted by molar-refractivity contribution is 0.171. The Morgan fingerprint density at radius 2 is 1.96 bits per heavy atom. The van der Waals surface area contributed by atoms with Crippen molar-refractivity contribution < 1.29 is 0 Å². The lowest BCUT2D eigenvalue weighted by Gasteiger charge is -2.32. The van der Waals surface area contributed by atoms with Crippen LogP contribution in [0.25, 0.3) is 10.9 Å². The van der Waals surface area contributed by atoms with Crippen molar-refractivity contribution in [2.45, 2.75) is 38.5 Å². The van der Waals surface area contributed by atoms with Crippen LogP contribution >= 0.6 is 0 Å². The van der Waals surface area contributed by atoms with Gasteiger partial charge in [-0.1, -0.05) is 30.3 Å². The van der Waals surface area contributed by atoms with E-state index in [2.05, 4.69) is 52.4 Å². The molecule has 0 spiro atoms. The van der Waals surface area contributed by atoms with Crippen molar-refractivity contribution in [1.82, 2.24) is 9.88 Å². The molecule has 3 nitrogen and oxygen atoms in total. The van der Waals surface area contributed by atoms with Crippen molar-refractivity contribution >= 4 is 10.9 Å².